The average molecular weight is 427 g/mol. The molecule has 0 saturated carbocycles. The third-order valence-electron chi connectivity index (χ3n) is 5.42. The number of amides is 4. The first kappa shape index (κ1) is 20.6. The highest BCUT2D eigenvalue weighted by Crippen LogP contribution is 2.36. The van der Waals surface area contributed by atoms with Crippen LogP contribution in [0.2, 0.25) is 0 Å². The number of nitrogens with zero attached hydrogens (tertiary/aromatic N) is 1. The van der Waals surface area contributed by atoms with Crippen molar-refractivity contribution in [2.45, 2.75) is 25.9 Å². The molecule has 0 radical (unpaired) electrons. The molecular weight excluding hydrogens is 405 g/mol. The zero-order valence-corrected chi connectivity index (χ0v) is 17.2. The first-order valence-corrected chi connectivity index (χ1v) is 9.84. The molecule has 31 heavy (non-hydrogen) atoms. The molecule has 0 aliphatic carbocycles. The van der Waals surface area contributed by atoms with E-state index in [1.54, 1.807) is 44.2 Å². The van der Waals surface area contributed by atoms with Crippen molar-refractivity contribution in [2.75, 3.05) is 19.8 Å². The van der Waals surface area contributed by atoms with Crippen LogP contribution >= 0.6 is 0 Å². The van der Waals surface area contributed by atoms with Gasteiger partial charge in [0.15, 0.2) is 11.5 Å². The number of halogens is 1. The van der Waals surface area contributed by atoms with Gasteiger partial charge < -0.3 is 20.1 Å². The van der Waals surface area contributed by atoms with Crippen LogP contribution in [0.3, 0.4) is 0 Å². The maximum absolute atomic E-state index is 13.7. The predicted molar refractivity (Wildman–Crippen MR) is 108 cm³/mol. The van der Waals surface area contributed by atoms with E-state index in [2.05, 4.69) is 10.6 Å². The molecule has 162 valence electrons. The van der Waals surface area contributed by atoms with Crippen LogP contribution in [-0.2, 0) is 21.7 Å². The molecule has 0 bridgehead atoms. The number of benzene rings is 2. The minimum atomic E-state index is -1.34. The second kappa shape index (κ2) is 7.90. The largest absolute Gasteiger partial charge is 0.486 e. The maximum atomic E-state index is 13.7. The van der Waals surface area contributed by atoms with E-state index in [4.69, 9.17) is 9.47 Å². The topological polar surface area (TPSA) is 97.0 Å². The summed E-state index contributed by atoms with van der Waals surface area (Å²) >= 11 is 0. The molecule has 1 saturated heterocycles. The number of hydrogen-bond acceptors (Lipinski definition) is 5. The molecule has 2 aromatic carbocycles. The predicted octanol–water partition coefficient (Wildman–Crippen LogP) is 1.99. The summed E-state index contributed by atoms with van der Waals surface area (Å²) < 4.78 is 24.7. The number of rotatable bonds is 5. The molecule has 1 unspecified atom stereocenters. The monoisotopic (exact) mass is 427 g/mol. The number of aryl methyl sites for hydroxylation is 1. The fourth-order valence-corrected chi connectivity index (χ4v) is 3.54. The van der Waals surface area contributed by atoms with Gasteiger partial charge >= 0.3 is 6.03 Å². The van der Waals surface area contributed by atoms with Gasteiger partial charge in [0, 0.05) is 6.54 Å². The third-order valence-corrected chi connectivity index (χ3v) is 5.42. The van der Waals surface area contributed by atoms with E-state index in [1.165, 1.54) is 6.07 Å². The van der Waals surface area contributed by atoms with E-state index >= 15 is 0 Å². The lowest BCUT2D eigenvalue weighted by Crippen LogP contribution is -2.43. The number of carbonyl (C=O) groups excluding carboxylic acids is 3. The van der Waals surface area contributed by atoms with Crippen molar-refractivity contribution < 1.29 is 28.2 Å². The Morgan fingerprint density at radius 2 is 1.90 bits per heavy atom. The number of imide groups is 1. The Hall–Kier alpha value is -3.62. The van der Waals surface area contributed by atoms with Crippen LogP contribution in [0.5, 0.6) is 11.5 Å². The second-order valence-corrected chi connectivity index (χ2v) is 7.67. The number of urea groups is 1. The Labute approximate surface area is 178 Å². The van der Waals surface area contributed by atoms with Crippen molar-refractivity contribution in [3.05, 3.63) is 58.9 Å². The Kier molecular flexibility index (Phi) is 5.26. The molecule has 0 aromatic heterocycles. The molecule has 2 heterocycles. The van der Waals surface area contributed by atoms with Gasteiger partial charge in [-0.05, 0) is 48.7 Å². The van der Waals surface area contributed by atoms with E-state index in [9.17, 15) is 18.8 Å². The summed E-state index contributed by atoms with van der Waals surface area (Å²) in [6.07, 6.45) is 0. The molecule has 0 spiro atoms. The Morgan fingerprint density at radius 1 is 1.16 bits per heavy atom. The molecule has 2 N–H and O–H groups in total. The van der Waals surface area contributed by atoms with Crippen LogP contribution in [-0.4, -0.2) is 42.5 Å². The summed E-state index contributed by atoms with van der Waals surface area (Å²) in [4.78, 5) is 38.7. The molecule has 8 nitrogen and oxygen atoms in total. The Morgan fingerprint density at radius 3 is 2.65 bits per heavy atom. The van der Waals surface area contributed by atoms with Gasteiger partial charge in [0.25, 0.3) is 5.91 Å². The molecule has 1 fully saturated rings. The maximum Gasteiger partial charge on any atom is 0.325 e. The fourth-order valence-electron chi connectivity index (χ4n) is 3.54. The standard InChI is InChI=1S/C22H22FN3O5/c1-13-3-4-14(9-16(13)23)11-24-19(27)12-26-20(28)22(2,25-21(26)29)15-5-6-17-18(10-15)31-8-7-30-17/h3-6,9-10H,7-8,11-12H2,1-2H3,(H,24,27)(H,25,29). The smallest absolute Gasteiger partial charge is 0.325 e. The third kappa shape index (κ3) is 3.90. The minimum Gasteiger partial charge on any atom is -0.486 e. The summed E-state index contributed by atoms with van der Waals surface area (Å²) in [6, 6.07) is 9.01. The first-order valence-electron chi connectivity index (χ1n) is 9.84. The van der Waals surface area contributed by atoms with Gasteiger partial charge in [0.05, 0.1) is 0 Å². The first-order chi connectivity index (χ1) is 14.8. The van der Waals surface area contributed by atoms with E-state index in [0.717, 1.165) is 4.90 Å². The molecular formula is C22H22FN3O5. The van der Waals surface area contributed by atoms with Crippen molar-refractivity contribution in [3.8, 4) is 11.5 Å². The number of nitrogens with one attached hydrogen (secondary N) is 2. The van der Waals surface area contributed by atoms with Crippen LogP contribution in [0, 0.1) is 12.7 Å². The average Bonchev–Trinajstić information content (AvgIpc) is 2.98. The van der Waals surface area contributed by atoms with Gasteiger partial charge in [-0.25, -0.2) is 9.18 Å². The Balaban J connectivity index is 1.44. The number of ether oxygens (including phenoxy) is 2. The highest BCUT2D eigenvalue weighted by molar-refractivity contribution is 6.09. The summed E-state index contributed by atoms with van der Waals surface area (Å²) in [5.74, 6) is -0.384. The molecule has 4 rings (SSSR count). The lowest BCUT2D eigenvalue weighted by molar-refractivity contribution is -0.134. The van der Waals surface area contributed by atoms with Gasteiger partial charge in [0.2, 0.25) is 5.91 Å². The lowest BCUT2D eigenvalue weighted by atomic mass is 9.91. The van der Waals surface area contributed by atoms with Gasteiger partial charge in [-0.1, -0.05) is 18.2 Å². The number of carbonyl (C=O) groups is 3. The second-order valence-electron chi connectivity index (χ2n) is 7.67. The van der Waals surface area contributed by atoms with Crippen LogP contribution in [0.25, 0.3) is 0 Å². The molecule has 9 heteroatoms. The highest BCUT2D eigenvalue weighted by atomic mass is 19.1. The summed E-state index contributed by atoms with van der Waals surface area (Å²) in [6.45, 7) is 3.69. The van der Waals surface area contributed by atoms with Gasteiger partial charge in [-0.3, -0.25) is 14.5 Å². The van der Waals surface area contributed by atoms with Crippen LogP contribution in [0.15, 0.2) is 36.4 Å². The van der Waals surface area contributed by atoms with Crippen molar-refractivity contribution in [1.29, 1.82) is 0 Å². The van der Waals surface area contributed by atoms with E-state index in [1.807, 2.05) is 0 Å². The zero-order chi connectivity index (χ0) is 22.2. The molecule has 4 amide bonds. The fraction of sp³-hybridized carbons (Fsp3) is 0.318. The van der Waals surface area contributed by atoms with E-state index in [-0.39, 0.29) is 12.4 Å². The lowest BCUT2D eigenvalue weighted by Gasteiger charge is -2.25. The Bertz CT molecular complexity index is 1070. The molecule has 2 aliphatic heterocycles. The van der Waals surface area contributed by atoms with E-state index < -0.39 is 29.9 Å². The molecule has 2 aliphatic rings. The van der Waals surface area contributed by atoms with Crippen molar-refractivity contribution in [3.63, 3.8) is 0 Å². The summed E-state index contributed by atoms with van der Waals surface area (Å²) in [7, 11) is 0. The van der Waals surface area contributed by atoms with Crippen LogP contribution in [0.1, 0.15) is 23.6 Å². The van der Waals surface area contributed by atoms with Gasteiger partial charge in [-0.15, -0.1) is 0 Å². The van der Waals surface area contributed by atoms with Gasteiger partial charge in [0.1, 0.15) is 31.1 Å². The normalized spacial score (nSPS) is 19.9. The zero-order valence-electron chi connectivity index (χ0n) is 17.2. The molecule has 1 atom stereocenters. The number of hydrogen-bond donors (Lipinski definition) is 2. The van der Waals surface area contributed by atoms with Crippen molar-refractivity contribution >= 4 is 17.8 Å². The van der Waals surface area contributed by atoms with Crippen LogP contribution in [0.4, 0.5) is 9.18 Å². The van der Waals surface area contributed by atoms with Crippen molar-refractivity contribution in [1.82, 2.24) is 15.5 Å². The summed E-state index contributed by atoms with van der Waals surface area (Å²) in [5, 5.41) is 5.26. The highest BCUT2D eigenvalue weighted by Gasteiger charge is 2.49. The summed E-state index contributed by atoms with van der Waals surface area (Å²) in [5.41, 5.74) is 0.267. The molecule has 2 aromatic rings. The quantitative estimate of drug-likeness (QED) is 0.712. The van der Waals surface area contributed by atoms with Crippen molar-refractivity contribution in [2.24, 2.45) is 0 Å². The van der Waals surface area contributed by atoms with Crippen LogP contribution < -0.4 is 20.1 Å². The van der Waals surface area contributed by atoms with Gasteiger partial charge in [-0.2, -0.15) is 0 Å². The number of fused-ring (bicyclic) bond motifs is 1. The van der Waals surface area contributed by atoms with E-state index in [0.29, 0.717) is 41.4 Å². The minimum absolute atomic E-state index is 0.0825. The SMILES string of the molecule is Cc1ccc(CNC(=O)CN2C(=O)NC(C)(c3ccc4c(c3)OCCO4)C2=O)cc1F.